The summed E-state index contributed by atoms with van der Waals surface area (Å²) < 4.78 is 0. The second-order valence-corrected chi connectivity index (χ2v) is 24.1. The lowest BCUT2D eigenvalue weighted by Gasteiger charge is -2.21. The van der Waals surface area contributed by atoms with Crippen LogP contribution in [-0.4, -0.2) is 81.7 Å². The van der Waals surface area contributed by atoms with E-state index < -0.39 is 0 Å². The van der Waals surface area contributed by atoms with E-state index in [9.17, 15) is 19.2 Å². The van der Waals surface area contributed by atoms with Crippen LogP contribution in [0.2, 0.25) is 0 Å². The van der Waals surface area contributed by atoms with Gasteiger partial charge >= 0.3 is 0 Å². The van der Waals surface area contributed by atoms with Crippen LogP contribution >= 0.6 is 0 Å². The number of aromatic nitrogens is 6. The number of carbonyl (C=O) groups is 4. The Labute approximate surface area is 579 Å². The van der Waals surface area contributed by atoms with Crippen molar-refractivity contribution in [2.45, 2.75) is 0 Å². The molecule has 100 heavy (non-hydrogen) atoms. The molecule has 0 N–H and O–H groups in total. The highest BCUT2D eigenvalue weighted by molar-refractivity contribution is 6.13. The minimum absolute atomic E-state index is 0.296. The average Bonchev–Trinajstić information content (AvgIpc) is 0.787. The number of hydrogen-bond acceptors (Lipinski definition) is 10. The Hall–Kier alpha value is -13.5. The predicted molar refractivity (Wildman–Crippen MR) is 399 cm³/mol. The molecule has 0 saturated heterocycles. The van der Waals surface area contributed by atoms with Crippen LogP contribution in [0.1, 0.15) is 41.4 Å². The predicted octanol–water partition coefficient (Wildman–Crippen LogP) is 18.2. The molecular formula is C86H64N10O4. The van der Waals surface area contributed by atoms with Gasteiger partial charge in [0.05, 0.1) is 22.8 Å². The summed E-state index contributed by atoms with van der Waals surface area (Å²) in [5.74, 6) is -0.712. The maximum atomic E-state index is 14.8. The molecule has 482 valence electrons. The first kappa shape index (κ1) is 63.9. The van der Waals surface area contributed by atoms with Gasteiger partial charge in [0.25, 0.3) is 23.6 Å². The molecule has 0 atom stereocenters. The highest BCUT2D eigenvalue weighted by atomic mass is 16.2. The summed E-state index contributed by atoms with van der Waals surface area (Å²) in [5, 5.41) is 0. The summed E-state index contributed by atoms with van der Waals surface area (Å²) in [4.78, 5) is 93.3. The Bertz CT molecular complexity index is 4710. The van der Waals surface area contributed by atoms with Gasteiger partial charge in [-0.1, -0.05) is 146 Å². The Balaban J connectivity index is 0.756. The highest BCUT2D eigenvalue weighted by Crippen LogP contribution is 2.38. The Morgan fingerprint density at radius 1 is 0.230 bits per heavy atom. The van der Waals surface area contributed by atoms with Crippen LogP contribution in [0.3, 0.4) is 0 Å². The monoisotopic (exact) mass is 1300 g/mol. The van der Waals surface area contributed by atoms with Crippen molar-refractivity contribution in [3.63, 3.8) is 0 Å². The van der Waals surface area contributed by atoms with E-state index in [2.05, 4.69) is 19.9 Å². The quantitative estimate of drug-likeness (QED) is 0.0859. The maximum absolute atomic E-state index is 14.8. The molecule has 0 fully saturated rings. The third-order valence-corrected chi connectivity index (χ3v) is 17.8. The Morgan fingerprint density at radius 2 is 0.470 bits per heavy atom. The first-order valence-corrected chi connectivity index (χ1v) is 32.5. The van der Waals surface area contributed by atoms with Crippen molar-refractivity contribution in [3.8, 4) is 101 Å². The van der Waals surface area contributed by atoms with Crippen LogP contribution in [0.25, 0.3) is 101 Å². The van der Waals surface area contributed by atoms with Gasteiger partial charge in [0.15, 0.2) is 5.82 Å². The van der Waals surface area contributed by atoms with E-state index in [0.717, 1.165) is 84.0 Å². The highest BCUT2D eigenvalue weighted by Gasteiger charge is 2.25. The molecule has 0 bridgehead atoms. The summed E-state index contributed by atoms with van der Waals surface area (Å²) in [6, 6.07) is 88.1. The van der Waals surface area contributed by atoms with Gasteiger partial charge < -0.3 is 19.6 Å². The van der Waals surface area contributed by atoms with Crippen molar-refractivity contribution in [1.82, 2.24) is 29.9 Å². The number of anilines is 4. The summed E-state index contributed by atoms with van der Waals surface area (Å²) in [7, 11) is 6.92. The second-order valence-electron chi connectivity index (χ2n) is 24.1. The third kappa shape index (κ3) is 13.6. The molecule has 9 aromatic carbocycles. The van der Waals surface area contributed by atoms with Gasteiger partial charge in [-0.15, -0.1) is 0 Å². The largest absolute Gasteiger partial charge is 0.311 e. The molecule has 4 amide bonds. The number of rotatable bonds is 17. The van der Waals surface area contributed by atoms with E-state index in [1.54, 1.807) is 97.1 Å². The second kappa shape index (κ2) is 28.5. The fraction of sp³-hybridized carbons (Fsp3) is 0.0465. The van der Waals surface area contributed by atoms with Gasteiger partial charge in [-0.2, -0.15) is 0 Å². The first-order chi connectivity index (χ1) is 48.9. The summed E-state index contributed by atoms with van der Waals surface area (Å²) >= 11 is 0. The van der Waals surface area contributed by atoms with E-state index >= 15 is 0 Å². The van der Waals surface area contributed by atoms with Crippen molar-refractivity contribution in [2.24, 2.45) is 0 Å². The van der Waals surface area contributed by atoms with E-state index in [0.29, 0.717) is 62.0 Å². The molecule has 0 aliphatic heterocycles. The molecule has 0 aliphatic rings. The number of carbonyl (C=O) groups excluding carboxylic acids is 4. The SMILES string of the molecule is CN(C(=O)c1cc(C(=O)N(C)c2ccc(-c3ccccn3)cc2)cc(-c2ccccc2-c2ccc(-c3ncc(-c4ccccc4-c4cc(C(=O)N(C)c5ccc(-c6ccccn6)cc5)cc(C(=O)N(C)c5ccc(-c6ccccn6)cc5)c4)cn3)cc2)c1)c1ccc(-c2ccccn2)cc1. The minimum Gasteiger partial charge on any atom is -0.311 e. The molecule has 0 saturated carbocycles. The number of pyridine rings is 4. The van der Waals surface area contributed by atoms with Crippen molar-refractivity contribution < 1.29 is 19.2 Å². The standard InChI is InChI=1S/C86H64N10O4/c1-93(70-37-29-58(30-38-70)78-21-9-13-45-87-78)83(97)65-49-63(50-66(53-65)84(98)94(2)71-39-31-59(32-40-71)79-22-10-14-46-88-79)75-18-6-5-17-74(75)57-25-27-62(28-26-57)82-91-55-69(56-92-82)77-20-8-7-19-76(77)64-51-67(85(99)95(3)72-41-33-60(34-42-72)80-23-11-15-47-89-80)54-68(52-64)86(100)96(4)73-43-35-61(36-44-73)81-24-12-16-48-90-81/h5-56H,1-4H3. The molecule has 0 spiro atoms. The topological polar surface area (TPSA) is 159 Å². The lowest BCUT2D eigenvalue weighted by atomic mass is 9.91. The zero-order valence-corrected chi connectivity index (χ0v) is 55.1. The molecule has 14 aromatic rings. The smallest absolute Gasteiger partial charge is 0.258 e. The van der Waals surface area contributed by atoms with Crippen molar-refractivity contribution in [1.29, 1.82) is 0 Å². The fourth-order valence-electron chi connectivity index (χ4n) is 12.2. The summed E-state index contributed by atoms with van der Waals surface area (Å²) in [6.07, 6.45) is 10.6. The van der Waals surface area contributed by atoms with Crippen LogP contribution in [0, 0.1) is 0 Å². The van der Waals surface area contributed by atoms with E-state index in [-0.39, 0.29) is 23.6 Å². The van der Waals surface area contributed by atoms with E-state index in [1.165, 1.54) is 0 Å². The van der Waals surface area contributed by atoms with E-state index in [1.807, 2.05) is 267 Å². The number of nitrogens with zero attached hydrogens (tertiary/aromatic N) is 10. The normalized spacial score (nSPS) is 11.0. The van der Waals surface area contributed by atoms with Crippen molar-refractivity contribution >= 4 is 46.4 Å². The van der Waals surface area contributed by atoms with Crippen LogP contribution in [0.4, 0.5) is 22.7 Å². The van der Waals surface area contributed by atoms with Crippen LogP contribution in [0.15, 0.2) is 316 Å². The molecule has 0 radical (unpaired) electrons. The van der Waals surface area contributed by atoms with Gasteiger partial charge in [0, 0.05) is 144 Å². The van der Waals surface area contributed by atoms with Crippen molar-refractivity contribution in [2.75, 3.05) is 47.8 Å². The summed E-state index contributed by atoms with van der Waals surface area (Å²) in [6.45, 7) is 0. The van der Waals surface area contributed by atoms with Gasteiger partial charge in [0.1, 0.15) is 0 Å². The van der Waals surface area contributed by atoms with Crippen LogP contribution < -0.4 is 19.6 Å². The Kier molecular flexibility index (Phi) is 18.2. The van der Waals surface area contributed by atoms with Gasteiger partial charge in [0.2, 0.25) is 0 Å². The minimum atomic E-state index is -0.307. The van der Waals surface area contributed by atoms with Gasteiger partial charge in [-0.05, 0) is 172 Å². The van der Waals surface area contributed by atoms with Crippen LogP contribution in [-0.2, 0) is 0 Å². The molecule has 0 unspecified atom stereocenters. The fourth-order valence-corrected chi connectivity index (χ4v) is 12.2. The van der Waals surface area contributed by atoms with E-state index in [4.69, 9.17) is 9.97 Å². The molecule has 5 heterocycles. The lowest BCUT2D eigenvalue weighted by molar-refractivity contribution is 0.0978. The molecule has 14 rings (SSSR count). The zero-order chi connectivity index (χ0) is 68.6. The third-order valence-electron chi connectivity index (χ3n) is 17.8. The average molecular weight is 1300 g/mol. The Morgan fingerprint density at radius 3 is 0.740 bits per heavy atom. The van der Waals surface area contributed by atoms with Crippen LogP contribution in [0.5, 0.6) is 0 Å². The first-order valence-electron chi connectivity index (χ1n) is 32.5. The summed E-state index contributed by atoms with van der Waals surface area (Å²) in [5.41, 5.74) is 17.9. The maximum Gasteiger partial charge on any atom is 0.258 e. The number of hydrogen-bond donors (Lipinski definition) is 0. The molecule has 0 aliphatic carbocycles. The molecule has 5 aromatic heterocycles. The molecule has 14 nitrogen and oxygen atoms in total. The lowest BCUT2D eigenvalue weighted by Crippen LogP contribution is -2.28. The van der Waals surface area contributed by atoms with Crippen molar-refractivity contribution in [3.05, 3.63) is 338 Å². The zero-order valence-electron chi connectivity index (χ0n) is 55.1. The van der Waals surface area contributed by atoms with Gasteiger partial charge in [-0.3, -0.25) is 39.1 Å². The molecular weight excluding hydrogens is 1240 g/mol. The number of amides is 4. The number of benzene rings is 9. The molecule has 14 heteroatoms. The van der Waals surface area contributed by atoms with Gasteiger partial charge in [-0.25, -0.2) is 9.97 Å².